The van der Waals surface area contributed by atoms with Gasteiger partial charge < -0.3 is 9.30 Å². The first-order valence-electron chi connectivity index (χ1n) is 5.73. The molecule has 0 amide bonds. The molecule has 0 radical (unpaired) electrons. The van der Waals surface area contributed by atoms with E-state index in [4.69, 9.17) is 4.74 Å². The maximum atomic E-state index is 12.0. The summed E-state index contributed by atoms with van der Waals surface area (Å²) in [5.41, 5.74) is 1.39. The maximum absolute atomic E-state index is 12.0. The van der Waals surface area contributed by atoms with Gasteiger partial charge in [0, 0.05) is 7.05 Å². The Labute approximate surface area is 104 Å². The van der Waals surface area contributed by atoms with Gasteiger partial charge in [-0.15, -0.1) is 0 Å². The lowest BCUT2D eigenvalue weighted by Crippen LogP contribution is -2.25. The van der Waals surface area contributed by atoms with E-state index in [-0.39, 0.29) is 17.7 Å². The molecule has 2 rings (SSSR count). The van der Waals surface area contributed by atoms with Gasteiger partial charge in [-0.3, -0.25) is 9.59 Å². The van der Waals surface area contributed by atoms with E-state index < -0.39 is 5.97 Å². The number of benzene rings is 1. The van der Waals surface area contributed by atoms with Gasteiger partial charge in [-0.1, -0.05) is 12.1 Å². The van der Waals surface area contributed by atoms with Crippen LogP contribution in [0.5, 0.6) is 0 Å². The summed E-state index contributed by atoms with van der Waals surface area (Å²) in [6.45, 7) is 2.02. The molecule has 0 N–H and O–H groups in total. The fourth-order valence-corrected chi connectivity index (χ4v) is 1.80. The Kier molecular flexibility index (Phi) is 3.41. The highest BCUT2D eigenvalue weighted by Crippen LogP contribution is 2.08. The molecule has 1 heterocycles. The number of nitrogens with zero attached hydrogens (tertiary/aromatic N) is 2. The Morgan fingerprint density at radius 2 is 2.11 bits per heavy atom. The Morgan fingerprint density at radius 1 is 1.39 bits per heavy atom. The van der Waals surface area contributed by atoms with Gasteiger partial charge in [0.15, 0.2) is 0 Å². The van der Waals surface area contributed by atoms with Crippen molar-refractivity contribution in [2.75, 3.05) is 6.61 Å². The SMILES string of the molecule is CCOC(=O)Cc1nc2ccccc2n(C)c1=O. The molecule has 0 saturated heterocycles. The third-order valence-corrected chi connectivity index (χ3v) is 2.67. The lowest BCUT2D eigenvalue weighted by Gasteiger charge is -2.07. The van der Waals surface area contributed by atoms with E-state index in [1.165, 1.54) is 4.57 Å². The molecule has 94 valence electrons. The van der Waals surface area contributed by atoms with Crippen molar-refractivity contribution >= 4 is 17.0 Å². The third kappa shape index (κ3) is 2.25. The first-order valence-corrected chi connectivity index (χ1v) is 5.73. The summed E-state index contributed by atoms with van der Waals surface area (Å²) in [6.07, 6.45) is -0.0919. The molecule has 0 spiro atoms. The third-order valence-electron chi connectivity index (χ3n) is 2.67. The molecule has 0 unspecified atom stereocenters. The zero-order valence-electron chi connectivity index (χ0n) is 10.3. The van der Waals surface area contributed by atoms with Gasteiger partial charge in [0.05, 0.1) is 24.1 Å². The number of para-hydroxylation sites is 2. The number of hydrogen-bond donors (Lipinski definition) is 0. The van der Waals surface area contributed by atoms with Gasteiger partial charge in [-0.25, -0.2) is 4.98 Å². The number of aromatic nitrogens is 2. The van der Waals surface area contributed by atoms with Gasteiger partial charge in [-0.2, -0.15) is 0 Å². The highest BCUT2D eigenvalue weighted by molar-refractivity contribution is 5.76. The molecule has 0 fully saturated rings. The van der Waals surface area contributed by atoms with Gasteiger partial charge in [0.25, 0.3) is 5.56 Å². The van der Waals surface area contributed by atoms with E-state index in [1.54, 1.807) is 14.0 Å². The number of carbonyl (C=O) groups is 1. The number of ether oxygens (including phenoxy) is 1. The lowest BCUT2D eigenvalue weighted by molar-refractivity contribution is -0.142. The molecule has 1 aromatic carbocycles. The van der Waals surface area contributed by atoms with Crippen LogP contribution in [-0.2, 0) is 23.0 Å². The van der Waals surface area contributed by atoms with Crippen molar-refractivity contribution in [1.82, 2.24) is 9.55 Å². The number of fused-ring (bicyclic) bond motifs is 1. The minimum atomic E-state index is -0.433. The highest BCUT2D eigenvalue weighted by atomic mass is 16.5. The second-order valence-corrected chi connectivity index (χ2v) is 3.89. The van der Waals surface area contributed by atoms with Crippen LogP contribution in [-0.4, -0.2) is 22.1 Å². The summed E-state index contributed by atoms with van der Waals surface area (Å²) in [4.78, 5) is 27.6. The average molecular weight is 246 g/mol. The van der Waals surface area contributed by atoms with Crippen molar-refractivity contribution in [3.05, 3.63) is 40.3 Å². The van der Waals surface area contributed by atoms with E-state index in [9.17, 15) is 9.59 Å². The summed E-state index contributed by atoms with van der Waals surface area (Å²) < 4.78 is 6.32. The van der Waals surface area contributed by atoms with E-state index >= 15 is 0 Å². The number of rotatable bonds is 3. The van der Waals surface area contributed by atoms with Crippen molar-refractivity contribution in [1.29, 1.82) is 0 Å². The molecule has 0 bridgehead atoms. The van der Waals surface area contributed by atoms with Crippen LogP contribution in [0.15, 0.2) is 29.1 Å². The van der Waals surface area contributed by atoms with Crippen LogP contribution in [0, 0.1) is 0 Å². The number of carbonyl (C=O) groups excluding carboxylic acids is 1. The lowest BCUT2D eigenvalue weighted by atomic mass is 10.2. The fourth-order valence-electron chi connectivity index (χ4n) is 1.80. The van der Waals surface area contributed by atoms with Crippen LogP contribution in [0.25, 0.3) is 11.0 Å². The van der Waals surface area contributed by atoms with Crippen LogP contribution >= 0.6 is 0 Å². The fraction of sp³-hybridized carbons (Fsp3) is 0.308. The van der Waals surface area contributed by atoms with Crippen molar-refractivity contribution in [2.24, 2.45) is 7.05 Å². The summed E-state index contributed by atoms with van der Waals surface area (Å²) in [5, 5.41) is 0. The Morgan fingerprint density at radius 3 is 2.83 bits per heavy atom. The Balaban J connectivity index is 2.49. The molecule has 0 aliphatic heterocycles. The zero-order chi connectivity index (χ0) is 13.1. The predicted molar refractivity (Wildman–Crippen MR) is 67.3 cm³/mol. The van der Waals surface area contributed by atoms with Crippen LogP contribution in [0.2, 0.25) is 0 Å². The second-order valence-electron chi connectivity index (χ2n) is 3.89. The van der Waals surface area contributed by atoms with Gasteiger partial charge >= 0.3 is 5.97 Å². The van der Waals surface area contributed by atoms with E-state index in [2.05, 4.69) is 4.98 Å². The monoisotopic (exact) mass is 246 g/mol. The van der Waals surface area contributed by atoms with E-state index in [1.807, 2.05) is 24.3 Å². The van der Waals surface area contributed by atoms with Crippen molar-refractivity contribution in [2.45, 2.75) is 13.3 Å². The molecular weight excluding hydrogens is 232 g/mol. The zero-order valence-corrected chi connectivity index (χ0v) is 10.3. The number of esters is 1. The second kappa shape index (κ2) is 5.00. The Hall–Kier alpha value is -2.17. The largest absolute Gasteiger partial charge is 0.466 e. The molecule has 1 aromatic heterocycles. The van der Waals surface area contributed by atoms with Crippen LogP contribution in [0.1, 0.15) is 12.6 Å². The Bertz CT molecular complexity index is 646. The number of hydrogen-bond acceptors (Lipinski definition) is 4. The van der Waals surface area contributed by atoms with Crippen LogP contribution < -0.4 is 5.56 Å². The molecule has 0 atom stereocenters. The van der Waals surface area contributed by atoms with Crippen molar-refractivity contribution in [3.8, 4) is 0 Å². The van der Waals surface area contributed by atoms with Crippen LogP contribution in [0.4, 0.5) is 0 Å². The van der Waals surface area contributed by atoms with E-state index in [0.29, 0.717) is 12.1 Å². The van der Waals surface area contributed by atoms with Gasteiger partial charge in [-0.05, 0) is 19.1 Å². The molecule has 5 heteroatoms. The summed E-state index contributed by atoms with van der Waals surface area (Å²) in [7, 11) is 1.67. The first kappa shape index (κ1) is 12.3. The van der Waals surface area contributed by atoms with Crippen LogP contribution in [0.3, 0.4) is 0 Å². The van der Waals surface area contributed by atoms with Gasteiger partial charge in [0.1, 0.15) is 5.69 Å². The topological polar surface area (TPSA) is 61.2 Å². The summed E-state index contributed by atoms with van der Waals surface area (Å²) >= 11 is 0. The van der Waals surface area contributed by atoms with Gasteiger partial charge in [0.2, 0.25) is 0 Å². The summed E-state index contributed by atoms with van der Waals surface area (Å²) in [6, 6.07) is 7.31. The quantitative estimate of drug-likeness (QED) is 0.759. The molecular formula is C13H14N2O3. The minimum absolute atomic E-state index is 0.0919. The normalized spacial score (nSPS) is 10.6. The van der Waals surface area contributed by atoms with Crippen molar-refractivity contribution < 1.29 is 9.53 Å². The first-order chi connectivity index (χ1) is 8.63. The van der Waals surface area contributed by atoms with E-state index in [0.717, 1.165) is 5.52 Å². The summed E-state index contributed by atoms with van der Waals surface area (Å²) in [5.74, 6) is -0.433. The molecule has 0 aliphatic carbocycles. The molecule has 0 aliphatic rings. The highest BCUT2D eigenvalue weighted by Gasteiger charge is 2.12. The predicted octanol–water partition coefficient (Wildman–Crippen LogP) is 1.04. The number of aryl methyl sites for hydroxylation is 1. The maximum Gasteiger partial charge on any atom is 0.312 e. The minimum Gasteiger partial charge on any atom is -0.466 e. The molecule has 5 nitrogen and oxygen atoms in total. The molecule has 18 heavy (non-hydrogen) atoms. The molecule has 2 aromatic rings. The van der Waals surface area contributed by atoms with Crippen molar-refractivity contribution in [3.63, 3.8) is 0 Å². The molecule has 0 saturated carbocycles. The smallest absolute Gasteiger partial charge is 0.312 e. The average Bonchev–Trinajstić information content (AvgIpc) is 2.36. The standard InChI is InChI=1S/C13H14N2O3/c1-3-18-12(16)8-10-13(17)15(2)11-7-5-4-6-9(11)14-10/h4-7H,3,8H2,1-2H3.